The van der Waals surface area contributed by atoms with Crippen molar-refractivity contribution in [2.24, 2.45) is 11.8 Å². The Morgan fingerprint density at radius 2 is 1.45 bits per heavy atom. The molecule has 0 aromatic rings. The first-order valence-corrected chi connectivity index (χ1v) is 12.1. The summed E-state index contributed by atoms with van der Waals surface area (Å²) in [4.78, 5) is 24.8. The van der Waals surface area contributed by atoms with E-state index in [2.05, 4.69) is 12.2 Å². The highest BCUT2D eigenvalue weighted by Crippen LogP contribution is 2.27. The molecule has 0 spiro atoms. The quantitative estimate of drug-likeness (QED) is 0.250. The van der Waals surface area contributed by atoms with Crippen LogP contribution in [-0.2, 0) is 14.3 Å². The maximum absolute atomic E-state index is 12.7. The van der Waals surface area contributed by atoms with Crippen molar-refractivity contribution >= 4 is 12.1 Å². The minimum Gasteiger partial charge on any atom is -0.464 e. The molecule has 1 saturated carbocycles. The molecular formula is C24H45NO4. The predicted molar refractivity (Wildman–Crippen MR) is 118 cm³/mol. The standard InChI is InChI=1S/C24H45NO4/c1-4-5-6-7-8-9-10-11-15-18-28-23(26)22(21-16-13-12-14-17-21)25-24(27)29-19-20(2)3/h20-22H,4-19H2,1-3H3,(H,25,27). The second-order valence-corrected chi connectivity index (χ2v) is 9.01. The van der Waals surface area contributed by atoms with Crippen LogP contribution in [0.5, 0.6) is 0 Å². The number of rotatable bonds is 15. The average Bonchev–Trinajstić information content (AvgIpc) is 2.72. The van der Waals surface area contributed by atoms with E-state index in [1.165, 1.54) is 51.4 Å². The van der Waals surface area contributed by atoms with Gasteiger partial charge in [0.15, 0.2) is 0 Å². The zero-order valence-corrected chi connectivity index (χ0v) is 19.2. The Morgan fingerprint density at radius 1 is 0.862 bits per heavy atom. The van der Waals surface area contributed by atoms with Gasteiger partial charge in [-0.15, -0.1) is 0 Å². The number of unbranched alkanes of at least 4 members (excludes halogenated alkanes) is 8. The van der Waals surface area contributed by atoms with Crippen LogP contribution in [0.2, 0.25) is 0 Å². The zero-order valence-electron chi connectivity index (χ0n) is 19.2. The van der Waals surface area contributed by atoms with E-state index < -0.39 is 12.1 Å². The first-order chi connectivity index (χ1) is 14.0. The number of esters is 1. The van der Waals surface area contributed by atoms with Crippen LogP contribution in [0.1, 0.15) is 111 Å². The molecule has 1 fully saturated rings. The minimum absolute atomic E-state index is 0.158. The molecule has 0 aromatic heterocycles. The third-order valence-electron chi connectivity index (χ3n) is 5.69. The van der Waals surface area contributed by atoms with Gasteiger partial charge in [0, 0.05) is 0 Å². The topological polar surface area (TPSA) is 64.6 Å². The molecule has 1 rings (SSSR count). The summed E-state index contributed by atoms with van der Waals surface area (Å²) in [6.45, 7) is 7.03. The summed E-state index contributed by atoms with van der Waals surface area (Å²) in [5.41, 5.74) is 0. The van der Waals surface area contributed by atoms with Gasteiger partial charge >= 0.3 is 12.1 Å². The van der Waals surface area contributed by atoms with Gasteiger partial charge in [-0.05, 0) is 31.1 Å². The van der Waals surface area contributed by atoms with Crippen molar-refractivity contribution in [3.05, 3.63) is 0 Å². The summed E-state index contributed by atoms with van der Waals surface area (Å²) in [6.07, 6.45) is 15.9. The first-order valence-electron chi connectivity index (χ1n) is 12.1. The summed E-state index contributed by atoms with van der Waals surface area (Å²) >= 11 is 0. The maximum atomic E-state index is 12.7. The monoisotopic (exact) mass is 411 g/mol. The van der Waals surface area contributed by atoms with Crippen molar-refractivity contribution < 1.29 is 19.1 Å². The van der Waals surface area contributed by atoms with Crippen molar-refractivity contribution in [2.45, 2.75) is 117 Å². The second-order valence-electron chi connectivity index (χ2n) is 9.01. The van der Waals surface area contributed by atoms with Gasteiger partial charge < -0.3 is 14.8 Å². The van der Waals surface area contributed by atoms with Crippen LogP contribution in [0, 0.1) is 11.8 Å². The highest BCUT2D eigenvalue weighted by molar-refractivity contribution is 5.81. The van der Waals surface area contributed by atoms with Crippen molar-refractivity contribution in [2.75, 3.05) is 13.2 Å². The van der Waals surface area contributed by atoms with E-state index in [-0.39, 0.29) is 17.8 Å². The molecule has 170 valence electrons. The molecule has 0 aromatic carbocycles. The zero-order chi connectivity index (χ0) is 21.3. The fourth-order valence-electron chi connectivity index (χ4n) is 3.92. The molecular weight excluding hydrogens is 366 g/mol. The Labute approximate surface area is 178 Å². The Bertz CT molecular complexity index is 433. The molecule has 1 aliphatic carbocycles. The van der Waals surface area contributed by atoms with Gasteiger partial charge in [-0.1, -0.05) is 91.4 Å². The minimum atomic E-state index is -0.575. The van der Waals surface area contributed by atoms with Crippen molar-refractivity contribution in [1.29, 1.82) is 0 Å². The normalized spacial score (nSPS) is 15.9. The van der Waals surface area contributed by atoms with E-state index in [4.69, 9.17) is 9.47 Å². The van der Waals surface area contributed by atoms with Gasteiger partial charge in [-0.2, -0.15) is 0 Å². The smallest absolute Gasteiger partial charge is 0.407 e. The molecule has 0 aliphatic heterocycles. The number of nitrogens with one attached hydrogen (secondary N) is 1. The number of hydrogen-bond donors (Lipinski definition) is 1. The average molecular weight is 412 g/mol. The molecule has 0 saturated heterocycles. The van der Waals surface area contributed by atoms with Gasteiger partial charge in [-0.25, -0.2) is 9.59 Å². The van der Waals surface area contributed by atoms with Crippen molar-refractivity contribution in [1.82, 2.24) is 5.32 Å². The van der Waals surface area contributed by atoms with Crippen LogP contribution in [0.4, 0.5) is 4.79 Å². The maximum Gasteiger partial charge on any atom is 0.407 e. The van der Waals surface area contributed by atoms with Crippen LogP contribution in [0.25, 0.3) is 0 Å². The molecule has 1 unspecified atom stereocenters. The van der Waals surface area contributed by atoms with E-state index in [1.54, 1.807) is 0 Å². The highest BCUT2D eigenvalue weighted by Gasteiger charge is 2.32. The lowest BCUT2D eigenvalue weighted by molar-refractivity contribution is -0.148. The number of amides is 1. The van der Waals surface area contributed by atoms with Crippen LogP contribution < -0.4 is 5.32 Å². The van der Waals surface area contributed by atoms with E-state index in [1.807, 2.05) is 13.8 Å². The largest absolute Gasteiger partial charge is 0.464 e. The number of alkyl carbamates (subject to hydrolysis) is 1. The summed E-state index contributed by atoms with van der Waals surface area (Å²) < 4.78 is 10.8. The predicted octanol–water partition coefficient (Wildman–Crippen LogP) is 6.39. The third kappa shape index (κ3) is 12.8. The van der Waals surface area contributed by atoms with Gasteiger partial charge in [-0.3, -0.25) is 0 Å². The van der Waals surface area contributed by atoms with Gasteiger partial charge in [0.25, 0.3) is 0 Å². The van der Waals surface area contributed by atoms with Crippen LogP contribution in [0.15, 0.2) is 0 Å². The van der Waals surface area contributed by atoms with Crippen molar-refractivity contribution in [3.63, 3.8) is 0 Å². The summed E-state index contributed by atoms with van der Waals surface area (Å²) in [6, 6.07) is -0.575. The number of carbonyl (C=O) groups is 2. The van der Waals surface area contributed by atoms with Gasteiger partial charge in [0.05, 0.1) is 13.2 Å². The Morgan fingerprint density at radius 3 is 2.03 bits per heavy atom. The first kappa shape index (κ1) is 25.8. The number of carbonyl (C=O) groups excluding carboxylic acids is 2. The molecule has 1 amide bonds. The molecule has 0 bridgehead atoms. The van der Waals surface area contributed by atoms with Gasteiger partial charge in [0.1, 0.15) is 6.04 Å². The fourth-order valence-corrected chi connectivity index (χ4v) is 3.92. The Kier molecular flexibility index (Phi) is 14.7. The fraction of sp³-hybridized carbons (Fsp3) is 0.917. The van der Waals surface area contributed by atoms with Gasteiger partial charge in [0.2, 0.25) is 0 Å². The summed E-state index contributed by atoms with van der Waals surface area (Å²) in [7, 11) is 0. The Balaban J connectivity index is 2.28. The van der Waals surface area contributed by atoms with E-state index in [0.29, 0.717) is 13.2 Å². The lowest BCUT2D eigenvalue weighted by atomic mass is 9.84. The molecule has 29 heavy (non-hydrogen) atoms. The van der Waals surface area contributed by atoms with E-state index in [0.717, 1.165) is 38.5 Å². The number of ether oxygens (including phenoxy) is 2. The summed E-state index contributed by atoms with van der Waals surface area (Å²) in [5, 5.41) is 2.79. The lowest BCUT2D eigenvalue weighted by Gasteiger charge is -2.29. The molecule has 1 aliphatic rings. The van der Waals surface area contributed by atoms with Crippen LogP contribution in [-0.4, -0.2) is 31.3 Å². The third-order valence-corrected chi connectivity index (χ3v) is 5.69. The van der Waals surface area contributed by atoms with E-state index >= 15 is 0 Å². The SMILES string of the molecule is CCCCCCCCCCCOC(=O)C(NC(=O)OCC(C)C)C1CCCCC1. The second kappa shape index (κ2) is 16.5. The Hall–Kier alpha value is -1.26. The molecule has 1 atom stereocenters. The highest BCUT2D eigenvalue weighted by atomic mass is 16.6. The lowest BCUT2D eigenvalue weighted by Crippen LogP contribution is -2.47. The summed E-state index contributed by atoms with van der Waals surface area (Å²) in [5.74, 6) is 0.136. The van der Waals surface area contributed by atoms with Crippen LogP contribution in [0.3, 0.4) is 0 Å². The number of hydrogen-bond acceptors (Lipinski definition) is 4. The molecule has 0 heterocycles. The van der Waals surface area contributed by atoms with Crippen LogP contribution >= 0.6 is 0 Å². The molecule has 5 heteroatoms. The van der Waals surface area contributed by atoms with Crippen molar-refractivity contribution in [3.8, 4) is 0 Å². The molecule has 5 nitrogen and oxygen atoms in total. The molecule has 0 radical (unpaired) electrons. The van der Waals surface area contributed by atoms with E-state index in [9.17, 15) is 9.59 Å². The molecule has 1 N–H and O–H groups in total.